The lowest BCUT2D eigenvalue weighted by Gasteiger charge is -1.94. The minimum atomic E-state index is -0.0399. The van der Waals surface area contributed by atoms with Crippen molar-refractivity contribution in [3.8, 4) is 0 Å². The predicted octanol–water partition coefficient (Wildman–Crippen LogP) is 0.338. The van der Waals surface area contributed by atoms with Gasteiger partial charge in [-0.3, -0.25) is 5.73 Å². The van der Waals surface area contributed by atoms with Crippen LogP contribution in [0.2, 0.25) is 0 Å². The zero-order chi connectivity index (χ0) is 7.56. The Morgan fingerprint density at radius 3 is 2.90 bits per heavy atom. The first kappa shape index (κ1) is 7.50. The number of hydrogen-bond donors (Lipinski definition) is 2. The molecule has 1 aromatic heterocycles. The molecule has 0 aliphatic heterocycles. The fraction of sp³-hybridized carbons (Fsp3) is 0.167. The first-order valence-electron chi connectivity index (χ1n) is 2.80. The largest absolute Gasteiger partial charge is 0.391 e. The van der Waals surface area contributed by atoms with Crippen LogP contribution >= 0.6 is 15.9 Å². The van der Waals surface area contributed by atoms with E-state index in [2.05, 4.69) is 20.9 Å². The van der Waals surface area contributed by atoms with Crippen LogP contribution in [0.3, 0.4) is 0 Å². The molecule has 0 saturated heterocycles. The Hall–Kier alpha value is -0.610. The molecule has 54 valence electrons. The summed E-state index contributed by atoms with van der Waals surface area (Å²) in [6.45, 7) is -0.0399. The van der Waals surface area contributed by atoms with Crippen molar-refractivity contribution in [2.24, 2.45) is 0 Å². The van der Waals surface area contributed by atoms with Crippen molar-refractivity contribution in [3.05, 3.63) is 22.3 Å². The third-order valence-corrected chi connectivity index (χ3v) is 1.65. The van der Waals surface area contributed by atoms with Crippen LogP contribution in [0.15, 0.2) is 16.7 Å². The molecule has 4 heteroatoms. The van der Waals surface area contributed by atoms with Crippen molar-refractivity contribution in [2.45, 2.75) is 6.61 Å². The number of aliphatic hydroxyl groups is 1. The van der Waals surface area contributed by atoms with Crippen LogP contribution in [0.4, 0.5) is 5.82 Å². The first-order chi connectivity index (χ1) is 4.74. The summed E-state index contributed by atoms with van der Waals surface area (Å²) in [4.78, 5) is 2.79. The van der Waals surface area contributed by atoms with Crippen molar-refractivity contribution < 1.29 is 10.1 Å². The predicted molar refractivity (Wildman–Crippen MR) is 41.0 cm³/mol. The van der Waals surface area contributed by atoms with E-state index in [1.807, 2.05) is 0 Å². The van der Waals surface area contributed by atoms with Gasteiger partial charge in [-0.15, -0.1) is 0 Å². The summed E-state index contributed by atoms with van der Waals surface area (Å²) < 4.78 is 0.880. The van der Waals surface area contributed by atoms with Crippen LogP contribution in [0.25, 0.3) is 0 Å². The van der Waals surface area contributed by atoms with E-state index in [0.717, 1.165) is 4.47 Å². The Morgan fingerprint density at radius 2 is 2.40 bits per heavy atom. The number of H-pyrrole nitrogens is 1. The van der Waals surface area contributed by atoms with E-state index < -0.39 is 0 Å². The number of anilines is 1. The maximum atomic E-state index is 8.72. The van der Waals surface area contributed by atoms with Gasteiger partial charge >= 0.3 is 0 Å². The number of rotatable bonds is 1. The molecule has 0 saturated carbocycles. The van der Waals surface area contributed by atoms with Gasteiger partial charge in [-0.25, -0.2) is 4.98 Å². The van der Waals surface area contributed by atoms with Crippen LogP contribution in [0.1, 0.15) is 5.56 Å². The van der Waals surface area contributed by atoms with Crippen LogP contribution in [-0.4, -0.2) is 5.11 Å². The van der Waals surface area contributed by atoms with Crippen molar-refractivity contribution in [2.75, 3.05) is 5.73 Å². The molecule has 1 aromatic rings. The molecular formula is C6H8BrN2O+. The van der Waals surface area contributed by atoms with Crippen LogP contribution in [0.5, 0.6) is 0 Å². The zero-order valence-corrected chi connectivity index (χ0v) is 6.85. The highest BCUT2D eigenvalue weighted by molar-refractivity contribution is 9.10. The van der Waals surface area contributed by atoms with Crippen LogP contribution < -0.4 is 10.7 Å². The van der Waals surface area contributed by atoms with Gasteiger partial charge in [-0.2, -0.15) is 0 Å². The third kappa shape index (κ3) is 1.46. The number of nitrogens with one attached hydrogen (secondary N) is 1. The highest BCUT2D eigenvalue weighted by Crippen LogP contribution is 2.11. The smallest absolute Gasteiger partial charge is 0.275 e. The Kier molecular flexibility index (Phi) is 2.24. The first-order valence-corrected chi connectivity index (χ1v) is 3.60. The molecule has 0 unspecified atom stereocenters. The average Bonchev–Trinajstić information content (AvgIpc) is 1.94. The summed E-state index contributed by atoms with van der Waals surface area (Å²) in [5.41, 5.74) is 6.17. The molecule has 10 heavy (non-hydrogen) atoms. The van der Waals surface area contributed by atoms with Crippen LogP contribution in [-0.2, 0) is 6.61 Å². The average molecular weight is 204 g/mol. The van der Waals surface area contributed by atoms with Gasteiger partial charge in [0.2, 0.25) is 0 Å². The molecule has 4 N–H and O–H groups in total. The molecule has 0 aromatic carbocycles. The molecule has 1 heterocycles. The van der Waals surface area contributed by atoms with Crippen molar-refractivity contribution in [1.82, 2.24) is 0 Å². The van der Waals surface area contributed by atoms with Crippen LogP contribution in [0, 0.1) is 0 Å². The number of halogens is 1. The summed E-state index contributed by atoms with van der Waals surface area (Å²) >= 11 is 3.24. The molecular weight excluding hydrogens is 196 g/mol. The second kappa shape index (κ2) is 2.98. The molecule has 3 nitrogen and oxygen atoms in total. The van der Waals surface area contributed by atoms with Gasteiger partial charge < -0.3 is 5.11 Å². The molecule has 1 rings (SSSR count). The fourth-order valence-corrected chi connectivity index (χ4v) is 1.05. The van der Waals surface area contributed by atoms with Crippen molar-refractivity contribution in [3.63, 3.8) is 0 Å². The molecule has 0 bridgehead atoms. The maximum Gasteiger partial charge on any atom is 0.275 e. The normalized spacial score (nSPS) is 9.80. The minimum absolute atomic E-state index is 0.0399. The summed E-state index contributed by atoms with van der Waals surface area (Å²) in [6.07, 6.45) is 1.72. The lowest BCUT2D eigenvalue weighted by atomic mass is 10.3. The maximum absolute atomic E-state index is 8.72. The number of aromatic nitrogens is 1. The van der Waals surface area contributed by atoms with E-state index in [-0.39, 0.29) is 6.61 Å². The van der Waals surface area contributed by atoms with E-state index in [1.165, 1.54) is 0 Å². The number of nitrogen functional groups attached to an aromatic ring is 1. The molecule has 0 fully saturated rings. The highest BCUT2D eigenvalue weighted by atomic mass is 79.9. The quantitative estimate of drug-likeness (QED) is 0.692. The van der Waals surface area contributed by atoms with Gasteiger partial charge in [-0.05, 0) is 22.0 Å². The molecule has 0 atom stereocenters. The number of aromatic amines is 1. The Bertz CT molecular complexity index is 239. The number of nitrogens with two attached hydrogens (primary N) is 1. The second-order valence-electron chi connectivity index (χ2n) is 1.91. The fourth-order valence-electron chi connectivity index (χ4n) is 0.656. The van der Waals surface area contributed by atoms with Crippen molar-refractivity contribution in [1.29, 1.82) is 0 Å². The summed E-state index contributed by atoms with van der Waals surface area (Å²) in [5, 5.41) is 8.72. The van der Waals surface area contributed by atoms with Crippen molar-refractivity contribution >= 4 is 21.7 Å². The Balaban J connectivity index is 3.09. The summed E-state index contributed by atoms with van der Waals surface area (Å²) in [6, 6.07) is 1.77. The standard InChI is InChI=1S/C6H7BrN2O/c7-5-1-4(3-10)6(8)9-2-5/h1-2,10H,3H2,(H2,8,9)/p+1. The minimum Gasteiger partial charge on any atom is -0.391 e. The SMILES string of the molecule is Nc1[nH+]cc(Br)cc1CO. The lowest BCUT2D eigenvalue weighted by molar-refractivity contribution is -0.362. The lowest BCUT2D eigenvalue weighted by Crippen LogP contribution is -2.12. The van der Waals surface area contributed by atoms with E-state index in [0.29, 0.717) is 11.4 Å². The van der Waals surface area contributed by atoms with Gasteiger partial charge in [0.15, 0.2) is 0 Å². The van der Waals surface area contributed by atoms with Gasteiger partial charge in [0.25, 0.3) is 5.82 Å². The second-order valence-corrected chi connectivity index (χ2v) is 2.83. The number of hydrogen-bond acceptors (Lipinski definition) is 2. The molecule has 0 aliphatic carbocycles. The highest BCUT2D eigenvalue weighted by Gasteiger charge is 2.03. The third-order valence-electron chi connectivity index (χ3n) is 1.19. The number of aliphatic hydroxyl groups excluding tert-OH is 1. The summed E-state index contributed by atoms with van der Waals surface area (Å²) in [5.74, 6) is 0.505. The van der Waals surface area contributed by atoms with E-state index >= 15 is 0 Å². The Morgan fingerprint density at radius 1 is 1.70 bits per heavy atom. The molecule has 0 aliphatic rings. The topological polar surface area (TPSA) is 60.4 Å². The zero-order valence-electron chi connectivity index (χ0n) is 5.26. The van der Waals surface area contributed by atoms with Gasteiger partial charge in [0, 0.05) is 0 Å². The van der Waals surface area contributed by atoms with Gasteiger partial charge in [0.1, 0.15) is 6.20 Å². The van der Waals surface area contributed by atoms with E-state index in [4.69, 9.17) is 10.8 Å². The molecule has 0 radical (unpaired) electrons. The van der Waals surface area contributed by atoms with Gasteiger partial charge in [0.05, 0.1) is 16.6 Å². The molecule has 0 spiro atoms. The van der Waals surface area contributed by atoms with E-state index in [1.54, 1.807) is 12.3 Å². The summed E-state index contributed by atoms with van der Waals surface area (Å²) in [7, 11) is 0. The monoisotopic (exact) mass is 203 g/mol. The number of pyridine rings is 1. The van der Waals surface area contributed by atoms with E-state index in [9.17, 15) is 0 Å². The Labute approximate surface area is 67.0 Å². The van der Waals surface area contributed by atoms with Gasteiger partial charge in [-0.1, -0.05) is 0 Å². The molecule has 0 amide bonds.